The van der Waals surface area contributed by atoms with Crippen molar-refractivity contribution in [2.75, 3.05) is 91.8 Å². The molecular weight excluding hydrogens is 746 g/mol. The average molecular weight is 807 g/mol. The van der Waals surface area contributed by atoms with Gasteiger partial charge in [0, 0.05) is 65.4 Å². The minimum absolute atomic E-state index is 0.199. The molecule has 5 aromatic rings. The number of benzene rings is 5. The van der Waals surface area contributed by atoms with Gasteiger partial charge in [-0.3, -0.25) is 9.80 Å². The SMILES string of the molecule is Fc1ccc(C(OCCN2CCN(CCCc3ccccc3)CC2)c2ccc(F)cc2)cc1.Fc1ccc(COCCN2CCN(CCCc3ccccc3)CC2)cc1. The van der Waals surface area contributed by atoms with Crippen LogP contribution in [0.25, 0.3) is 0 Å². The summed E-state index contributed by atoms with van der Waals surface area (Å²) < 4.78 is 51.6. The molecule has 2 aliphatic rings. The van der Waals surface area contributed by atoms with Gasteiger partial charge in [0.05, 0.1) is 19.8 Å². The summed E-state index contributed by atoms with van der Waals surface area (Å²) in [6, 6.07) is 40.6. The second kappa shape index (κ2) is 24.7. The Balaban J connectivity index is 0.000000204. The number of aryl methyl sites for hydroxylation is 2. The van der Waals surface area contributed by atoms with Gasteiger partial charge in [-0.25, -0.2) is 13.2 Å². The van der Waals surface area contributed by atoms with Gasteiger partial charge in [-0.05, 0) is 103 Å². The van der Waals surface area contributed by atoms with Gasteiger partial charge in [-0.2, -0.15) is 0 Å². The molecule has 2 heterocycles. The Bertz CT molecular complexity index is 1810. The largest absolute Gasteiger partial charge is 0.375 e. The number of rotatable bonds is 19. The average Bonchev–Trinajstić information content (AvgIpc) is 3.27. The van der Waals surface area contributed by atoms with E-state index in [4.69, 9.17) is 9.47 Å². The Morgan fingerprint density at radius 3 is 1.20 bits per heavy atom. The van der Waals surface area contributed by atoms with E-state index in [1.165, 1.54) is 66.9 Å². The van der Waals surface area contributed by atoms with Crippen LogP contribution in [-0.4, -0.2) is 111 Å². The molecule has 59 heavy (non-hydrogen) atoms. The molecule has 6 nitrogen and oxygen atoms in total. The molecule has 0 aromatic heterocycles. The third-order valence-electron chi connectivity index (χ3n) is 11.3. The van der Waals surface area contributed by atoms with Crippen molar-refractivity contribution in [3.63, 3.8) is 0 Å². The number of ether oxygens (including phenoxy) is 2. The zero-order valence-electron chi connectivity index (χ0n) is 34.5. The van der Waals surface area contributed by atoms with Crippen LogP contribution in [0.1, 0.15) is 46.8 Å². The summed E-state index contributed by atoms with van der Waals surface area (Å²) in [4.78, 5) is 10.0. The van der Waals surface area contributed by atoms with Crippen LogP contribution in [0.2, 0.25) is 0 Å². The van der Waals surface area contributed by atoms with Gasteiger partial charge in [0.25, 0.3) is 0 Å². The maximum Gasteiger partial charge on any atom is 0.123 e. The molecule has 9 heteroatoms. The molecule has 7 rings (SSSR count). The molecule has 2 saturated heterocycles. The molecule has 0 bridgehead atoms. The van der Waals surface area contributed by atoms with E-state index >= 15 is 0 Å². The Morgan fingerprint density at radius 2 is 0.780 bits per heavy atom. The molecule has 0 radical (unpaired) electrons. The predicted molar refractivity (Wildman–Crippen MR) is 232 cm³/mol. The second-order valence-electron chi connectivity index (χ2n) is 15.6. The lowest BCUT2D eigenvalue weighted by molar-refractivity contribution is 0.0451. The molecule has 0 amide bonds. The highest BCUT2D eigenvalue weighted by atomic mass is 19.1. The summed E-state index contributed by atoms with van der Waals surface area (Å²) in [5, 5.41) is 0. The first-order valence-electron chi connectivity index (χ1n) is 21.4. The van der Waals surface area contributed by atoms with Crippen molar-refractivity contribution in [3.8, 4) is 0 Å². The van der Waals surface area contributed by atoms with Crippen LogP contribution in [0.5, 0.6) is 0 Å². The molecule has 0 unspecified atom stereocenters. The van der Waals surface area contributed by atoms with Crippen molar-refractivity contribution < 1.29 is 22.6 Å². The quantitative estimate of drug-likeness (QED) is 0.0776. The third-order valence-corrected chi connectivity index (χ3v) is 11.3. The van der Waals surface area contributed by atoms with Gasteiger partial charge in [0.1, 0.15) is 23.6 Å². The van der Waals surface area contributed by atoms with Crippen LogP contribution in [0.15, 0.2) is 133 Å². The summed E-state index contributed by atoms with van der Waals surface area (Å²) in [5.41, 5.74) is 5.60. The van der Waals surface area contributed by atoms with Crippen molar-refractivity contribution in [2.45, 2.75) is 38.4 Å². The van der Waals surface area contributed by atoms with Crippen LogP contribution in [-0.2, 0) is 28.9 Å². The molecule has 0 atom stereocenters. The molecule has 314 valence electrons. The molecule has 5 aromatic carbocycles. The van der Waals surface area contributed by atoms with Crippen molar-refractivity contribution in [1.82, 2.24) is 19.6 Å². The first kappa shape index (κ1) is 44.2. The lowest BCUT2D eigenvalue weighted by Gasteiger charge is -2.35. The van der Waals surface area contributed by atoms with Crippen molar-refractivity contribution in [3.05, 3.63) is 179 Å². The minimum Gasteiger partial charge on any atom is -0.375 e. The van der Waals surface area contributed by atoms with Crippen LogP contribution in [0.3, 0.4) is 0 Å². The first-order valence-corrected chi connectivity index (χ1v) is 21.4. The van der Waals surface area contributed by atoms with E-state index in [9.17, 15) is 13.2 Å². The molecule has 0 N–H and O–H groups in total. The molecular formula is C50H61F3N4O2. The molecule has 2 fully saturated rings. The van der Waals surface area contributed by atoms with E-state index in [2.05, 4.69) is 80.3 Å². The number of halogens is 3. The second-order valence-corrected chi connectivity index (χ2v) is 15.6. The van der Waals surface area contributed by atoms with Crippen LogP contribution >= 0.6 is 0 Å². The highest BCUT2D eigenvalue weighted by Gasteiger charge is 2.20. The zero-order chi connectivity index (χ0) is 40.9. The minimum atomic E-state index is -0.342. The van der Waals surface area contributed by atoms with Gasteiger partial charge in [0.15, 0.2) is 0 Å². The maximum absolute atomic E-state index is 13.4. The van der Waals surface area contributed by atoms with Crippen molar-refractivity contribution >= 4 is 0 Å². The summed E-state index contributed by atoms with van der Waals surface area (Å²) in [7, 11) is 0. The summed E-state index contributed by atoms with van der Waals surface area (Å²) in [5.74, 6) is -0.758. The Hall–Kier alpha value is -4.35. The van der Waals surface area contributed by atoms with Crippen LogP contribution in [0.4, 0.5) is 13.2 Å². The van der Waals surface area contributed by atoms with Gasteiger partial charge < -0.3 is 19.3 Å². The number of hydrogen-bond donors (Lipinski definition) is 0. The molecule has 0 spiro atoms. The van der Waals surface area contributed by atoms with Crippen LogP contribution in [0, 0.1) is 17.5 Å². The van der Waals surface area contributed by atoms with Crippen molar-refractivity contribution in [2.24, 2.45) is 0 Å². The fraction of sp³-hybridized carbons (Fsp3) is 0.400. The number of piperazine rings is 2. The van der Waals surface area contributed by atoms with Gasteiger partial charge >= 0.3 is 0 Å². The highest BCUT2D eigenvalue weighted by molar-refractivity contribution is 5.30. The van der Waals surface area contributed by atoms with Gasteiger partial charge in [-0.1, -0.05) is 97.1 Å². The molecule has 2 aliphatic heterocycles. The summed E-state index contributed by atoms with van der Waals surface area (Å²) >= 11 is 0. The normalized spacial score (nSPS) is 15.6. The fourth-order valence-corrected chi connectivity index (χ4v) is 7.70. The van der Waals surface area contributed by atoms with E-state index in [0.717, 1.165) is 108 Å². The van der Waals surface area contributed by atoms with Crippen LogP contribution < -0.4 is 0 Å². The monoisotopic (exact) mass is 806 g/mol. The van der Waals surface area contributed by atoms with E-state index in [1.807, 2.05) is 0 Å². The van der Waals surface area contributed by atoms with E-state index < -0.39 is 0 Å². The van der Waals surface area contributed by atoms with Gasteiger partial charge in [-0.15, -0.1) is 0 Å². The lowest BCUT2D eigenvalue weighted by atomic mass is 10.0. The summed E-state index contributed by atoms with van der Waals surface area (Å²) in [6.07, 6.45) is 4.36. The van der Waals surface area contributed by atoms with E-state index in [-0.39, 0.29) is 23.6 Å². The first-order chi connectivity index (χ1) is 29.0. The predicted octanol–water partition coefficient (Wildman–Crippen LogP) is 8.91. The Morgan fingerprint density at radius 1 is 0.407 bits per heavy atom. The number of nitrogens with zero attached hydrogens (tertiary/aromatic N) is 4. The Kier molecular flexibility index (Phi) is 18.5. The van der Waals surface area contributed by atoms with E-state index in [1.54, 1.807) is 36.4 Å². The standard InChI is InChI=1S/C28H32F2N2O.C22H29FN2O/c29-26-12-8-24(9-13-26)28(25-10-14-27(30)15-11-25)33-22-21-32-19-17-31(18-20-32)16-4-7-23-5-2-1-3-6-23;23-22-10-8-21(9-11-22)19-26-18-17-25-15-13-24(14-16-25)12-4-7-20-5-2-1-3-6-20/h1-3,5-6,8-15,28H,4,7,16-22H2;1-3,5-6,8-11H,4,7,12-19H2. The molecule has 0 saturated carbocycles. The highest BCUT2D eigenvalue weighted by Crippen LogP contribution is 2.27. The number of hydrogen-bond acceptors (Lipinski definition) is 6. The topological polar surface area (TPSA) is 31.4 Å². The lowest BCUT2D eigenvalue weighted by Crippen LogP contribution is -2.47. The van der Waals surface area contributed by atoms with Gasteiger partial charge in [0.2, 0.25) is 0 Å². The summed E-state index contributed by atoms with van der Waals surface area (Å²) in [6.45, 7) is 14.7. The fourth-order valence-electron chi connectivity index (χ4n) is 7.70. The molecule has 0 aliphatic carbocycles. The third kappa shape index (κ3) is 16.0. The van der Waals surface area contributed by atoms with E-state index in [0.29, 0.717) is 13.2 Å². The van der Waals surface area contributed by atoms with Crippen molar-refractivity contribution in [1.29, 1.82) is 0 Å². The zero-order valence-corrected chi connectivity index (χ0v) is 34.5. The Labute approximate surface area is 350 Å². The maximum atomic E-state index is 13.4. The smallest absolute Gasteiger partial charge is 0.123 e.